The molecule has 1 nitrogen and oxygen atoms in total. The zero-order valence-electron chi connectivity index (χ0n) is 9.22. The molecule has 0 N–H and O–H groups in total. The molecule has 0 spiro atoms. The third kappa shape index (κ3) is 9.62. The van der Waals surface area contributed by atoms with Crippen molar-refractivity contribution in [1.82, 2.24) is 0 Å². The molecule has 0 rings (SSSR count). The third-order valence-corrected chi connectivity index (χ3v) is 2.31. The lowest BCUT2D eigenvalue weighted by Gasteiger charge is -2.08. The van der Waals surface area contributed by atoms with Gasteiger partial charge in [-0.3, -0.25) is 0 Å². The van der Waals surface area contributed by atoms with Crippen molar-refractivity contribution in [2.75, 3.05) is 13.7 Å². The molecule has 0 aliphatic carbocycles. The maximum absolute atomic E-state index is 5.09. The van der Waals surface area contributed by atoms with Crippen molar-refractivity contribution in [2.24, 2.45) is 5.92 Å². The molecule has 0 aromatic carbocycles. The molecular weight excluding hydrogens is 160 g/mol. The molecule has 0 saturated heterocycles. The SMILES string of the molecule is C=CCCCCCCC(C)COC. The Balaban J connectivity index is 3.01. The molecule has 0 aliphatic heterocycles. The predicted molar refractivity (Wildman–Crippen MR) is 58.9 cm³/mol. The van der Waals surface area contributed by atoms with Crippen LogP contribution >= 0.6 is 0 Å². The lowest BCUT2D eigenvalue weighted by Crippen LogP contribution is -2.02. The average Bonchev–Trinajstić information content (AvgIpc) is 2.11. The van der Waals surface area contributed by atoms with Gasteiger partial charge < -0.3 is 4.74 Å². The highest BCUT2D eigenvalue weighted by molar-refractivity contribution is 4.65. The van der Waals surface area contributed by atoms with Crippen molar-refractivity contribution in [3.05, 3.63) is 12.7 Å². The maximum Gasteiger partial charge on any atom is 0.0487 e. The van der Waals surface area contributed by atoms with Crippen LogP contribution < -0.4 is 0 Å². The van der Waals surface area contributed by atoms with Gasteiger partial charge in [-0.15, -0.1) is 6.58 Å². The standard InChI is InChI=1S/C12H24O/c1-4-5-6-7-8-9-10-12(2)11-13-3/h4,12H,1,5-11H2,2-3H3. The van der Waals surface area contributed by atoms with E-state index in [1.54, 1.807) is 7.11 Å². The van der Waals surface area contributed by atoms with E-state index in [0.717, 1.165) is 12.5 Å². The first kappa shape index (κ1) is 12.7. The van der Waals surface area contributed by atoms with E-state index in [1.165, 1.54) is 38.5 Å². The minimum Gasteiger partial charge on any atom is -0.384 e. The molecule has 0 aliphatic rings. The lowest BCUT2D eigenvalue weighted by atomic mass is 10.0. The summed E-state index contributed by atoms with van der Waals surface area (Å²) in [4.78, 5) is 0. The highest BCUT2D eigenvalue weighted by atomic mass is 16.5. The average molecular weight is 184 g/mol. The fourth-order valence-corrected chi connectivity index (χ4v) is 1.50. The summed E-state index contributed by atoms with van der Waals surface area (Å²) in [5.41, 5.74) is 0. The van der Waals surface area contributed by atoms with E-state index in [2.05, 4.69) is 13.5 Å². The van der Waals surface area contributed by atoms with Gasteiger partial charge in [0.2, 0.25) is 0 Å². The first-order valence-electron chi connectivity index (χ1n) is 5.41. The largest absolute Gasteiger partial charge is 0.384 e. The van der Waals surface area contributed by atoms with Gasteiger partial charge in [0, 0.05) is 13.7 Å². The molecule has 0 aromatic rings. The normalized spacial score (nSPS) is 12.8. The Labute approximate surface area is 83.2 Å². The van der Waals surface area contributed by atoms with Crippen LogP contribution in [0.2, 0.25) is 0 Å². The molecule has 0 fully saturated rings. The maximum atomic E-state index is 5.09. The van der Waals surface area contributed by atoms with Crippen molar-refractivity contribution < 1.29 is 4.74 Å². The van der Waals surface area contributed by atoms with Gasteiger partial charge in [-0.2, -0.15) is 0 Å². The zero-order valence-corrected chi connectivity index (χ0v) is 9.22. The van der Waals surface area contributed by atoms with E-state index in [9.17, 15) is 0 Å². The van der Waals surface area contributed by atoms with Gasteiger partial charge in [-0.25, -0.2) is 0 Å². The second kappa shape index (κ2) is 9.79. The van der Waals surface area contributed by atoms with Crippen LogP contribution in [-0.4, -0.2) is 13.7 Å². The number of hydrogen-bond donors (Lipinski definition) is 0. The topological polar surface area (TPSA) is 9.23 Å². The number of ether oxygens (including phenoxy) is 1. The first-order chi connectivity index (χ1) is 6.31. The Kier molecular flexibility index (Phi) is 9.56. The molecule has 0 aromatic heterocycles. The van der Waals surface area contributed by atoms with Crippen molar-refractivity contribution in [1.29, 1.82) is 0 Å². The minimum absolute atomic E-state index is 0.726. The van der Waals surface area contributed by atoms with E-state index in [0.29, 0.717) is 0 Å². The van der Waals surface area contributed by atoms with Crippen LogP contribution in [0.5, 0.6) is 0 Å². The van der Waals surface area contributed by atoms with Crippen LogP contribution in [0.15, 0.2) is 12.7 Å². The van der Waals surface area contributed by atoms with Crippen LogP contribution in [0, 0.1) is 5.92 Å². The number of rotatable bonds is 9. The van der Waals surface area contributed by atoms with Gasteiger partial charge in [-0.1, -0.05) is 32.3 Å². The van der Waals surface area contributed by atoms with Gasteiger partial charge >= 0.3 is 0 Å². The fraction of sp³-hybridized carbons (Fsp3) is 0.833. The summed E-state index contributed by atoms with van der Waals surface area (Å²) in [7, 11) is 1.78. The van der Waals surface area contributed by atoms with Gasteiger partial charge in [-0.05, 0) is 25.2 Å². The third-order valence-electron chi connectivity index (χ3n) is 2.31. The second-order valence-electron chi connectivity index (χ2n) is 3.84. The molecule has 0 heterocycles. The van der Waals surface area contributed by atoms with Gasteiger partial charge in [0.25, 0.3) is 0 Å². The quantitative estimate of drug-likeness (QED) is 0.391. The highest BCUT2D eigenvalue weighted by Gasteiger charge is 1.99. The van der Waals surface area contributed by atoms with Crippen LogP contribution in [0.4, 0.5) is 0 Å². The van der Waals surface area contributed by atoms with Crippen molar-refractivity contribution >= 4 is 0 Å². The fourth-order valence-electron chi connectivity index (χ4n) is 1.50. The Morgan fingerprint density at radius 2 is 1.92 bits per heavy atom. The van der Waals surface area contributed by atoms with Crippen molar-refractivity contribution in [2.45, 2.75) is 45.4 Å². The summed E-state index contributed by atoms with van der Waals surface area (Å²) < 4.78 is 5.09. The number of hydrogen-bond acceptors (Lipinski definition) is 1. The summed E-state index contributed by atoms with van der Waals surface area (Å²) in [5.74, 6) is 0.726. The zero-order chi connectivity index (χ0) is 9.94. The van der Waals surface area contributed by atoms with Gasteiger partial charge in [0.1, 0.15) is 0 Å². The monoisotopic (exact) mass is 184 g/mol. The summed E-state index contributed by atoms with van der Waals surface area (Å²) in [6.45, 7) is 6.88. The predicted octanol–water partition coefficient (Wildman–Crippen LogP) is 3.80. The number of allylic oxidation sites excluding steroid dienone is 1. The Morgan fingerprint density at radius 3 is 2.54 bits per heavy atom. The van der Waals surface area contributed by atoms with E-state index < -0.39 is 0 Å². The van der Waals surface area contributed by atoms with Gasteiger partial charge in [0.15, 0.2) is 0 Å². The lowest BCUT2D eigenvalue weighted by molar-refractivity contribution is 0.154. The summed E-state index contributed by atoms with van der Waals surface area (Å²) in [5, 5.41) is 0. The van der Waals surface area contributed by atoms with Crippen LogP contribution in [0.3, 0.4) is 0 Å². The molecule has 78 valence electrons. The van der Waals surface area contributed by atoms with E-state index >= 15 is 0 Å². The Morgan fingerprint density at radius 1 is 1.23 bits per heavy atom. The molecule has 1 unspecified atom stereocenters. The molecular formula is C12H24O. The molecule has 0 radical (unpaired) electrons. The smallest absolute Gasteiger partial charge is 0.0487 e. The van der Waals surface area contributed by atoms with Crippen LogP contribution in [0.25, 0.3) is 0 Å². The minimum atomic E-state index is 0.726. The van der Waals surface area contributed by atoms with Crippen LogP contribution in [0.1, 0.15) is 45.4 Å². The number of methoxy groups -OCH3 is 1. The van der Waals surface area contributed by atoms with E-state index in [4.69, 9.17) is 4.74 Å². The van der Waals surface area contributed by atoms with Gasteiger partial charge in [0.05, 0.1) is 0 Å². The van der Waals surface area contributed by atoms with E-state index in [-0.39, 0.29) is 0 Å². The second-order valence-corrected chi connectivity index (χ2v) is 3.84. The Bertz CT molecular complexity index is 110. The molecule has 0 bridgehead atoms. The molecule has 1 heteroatoms. The van der Waals surface area contributed by atoms with Crippen LogP contribution in [-0.2, 0) is 4.74 Å². The summed E-state index contributed by atoms with van der Waals surface area (Å²) >= 11 is 0. The van der Waals surface area contributed by atoms with E-state index in [1.807, 2.05) is 6.08 Å². The molecule has 0 saturated carbocycles. The summed E-state index contributed by atoms with van der Waals surface area (Å²) in [6, 6.07) is 0. The summed E-state index contributed by atoms with van der Waals surface area (Å²) in [6.07, 6.45) is 9.86. The molecule has 1 atom stereocenters. The molecule has 0 amide bonds. The highest BCUT2D eigenvalue weighted by Crippen LogP contribution is 2.11. The first-order valence-corrected chi connectivity index (χ1v) is 5.41. The molecule has 13 heavy (non-hydrogen) atoms. The van der Waals surface area contributed by atoms with Crippen molar-refractivity contribution in [3.8, 4) is 0 Å². The van der Waals surface area contributed by atoms with Crippen molar-refractivity contribution in [3.63, 3.8) is 0 Å². The number of unbranched alkanes of at least 4 members (excludes halogenated alkanes) is 4. The Hall–Kier alpha value is -0.300.